The number of aliphatic hydroxyl groups is 1. The number of β-amino-alcohol motifs (C(OH)–C–C–N with tert-alkyl or cyclic N) is 1. The van der Waals surface area contributed by atoms with Crippen LogP contribution in [0.25, 0.3) is 0 Å². The summed E-state index contributed by atoms with van der Waals surface area (Å²) in [5.41, 5.74) is 0.659. The van der Waals surface area contributed by atoms with Crippen molar-refractivity contribution in [2.75, 3.05) is 31.1 Å². The maximum atomic E-state index is 13.3. The molecule has 7 heteroatoms. The third-order valence-corrected chi connectivity index (χ3v) is 6.79. The first-order valence-electron chi connectivity index (χ1n) is 8.28. The van der Waals surface area contributed by atoms with E-state index in [1.54, 1.807) is 10.4 Å². The zero-order valence-corrected chi connectivity index (χ0v) is 13.8. The molecule has 1 saturated carbocycles. The van der Waals surface area contributed by atoms with Gasteiger partial charge in [0.15, 0.2) is 0 Å². The fraction of sp³-hybridized carbons (Fsp3) is 0.625. The maximum Gasteiger partial charge on any atom is 0.249 e. The lowest BCUT2D eigenvalue weighted by Crippen LogP contribution is -2.37. The summed E-state index contributed by atoms with van der Waals surface area (Å²) in [5.74, 6) is 0.439. The molecule has 1 aromatic carbocycles. The number of hydrogen-bond acceptors (Lipinski definition) is 5. The highest BCUT2D eigenvalue weighted by Gasteiger charge is 2.42. The van der Waals surface area contributed by atoms with Crippen LogP contribution in [0.5, 0.6) is 5.75 Å². The summed E-state index contributed by atoms with van der Waals surface area (Å²) in [5, 5.41) is 9.81. The molecule has 0 spiro atoms. The van der Waals surface area contributed by atoms with Crippen molar-refractivity contribution in [3.8, 4) is 5.75 Å². The van der Waals surface area contributed by atoms with E-state index in [2.05, 4.69) is 0 Å². The van der Waals surface area contributed by atoms with Crippen molar-refractivity contribution in [1.29, 1.82) is 0 Å². The molecular formula is C16H22N2O4S. The molecule has 2 fully saturated rings. The van der Waals surface area contributed by atoms with E-state index >= 15 is 0 Å². The van der Waals surface area contributed by atoms with E-state index in [9.17, 15) is 13.5 Å². The van der Waals surface area contributed by atoms with Crippen LogP contribution in [-0.4, -0.2) is 56.2 Å². The lowest BCUT2D eigenvalue weighted by molar-refractivity contribution is 0.198. The Kier molecular flexibility index (Phi) is 3.74. The normalized spacial score (nSPS) is 27.9. The van der Waals surface area contributed by atoms with Gasteiger partial charge >= 0.3 is 0 Å². The molecule has 1 N–H and O–H groups in total. The lowest BCUT2D eigenvalue weighted by Gasteiger charge is -2.30. The molecule has 126 valence electrons. The molecule has 0 amide bonds. The Morgan fingerprint density at radius 3 is 2.70 bits per heavy atom. The molecule has 1 atom stereocenters. The molecule has 0 bridgehead atoms. The number of sulfonamides is 1. The number of ether oxygens (including phenoxy) is 1. The van der Waals surface area contributed by atoms with Crippen molar-refractivity contribution < 1.29 is 18.3 Å². The van der Waals surface area contributed by atoms with E-state index in [1.807, 2.05) is 17.0 Å². The van der Waals surface area contributed by atoms with E-state index in [0.29, 0.717) is 50.5 Å². The van der Waals surface area contributed by atoms with Crippen molar-refractivity contribution in [2.24, 2.45) is 0 Å². The molecular weight excluding hydrogens is 316 g/mol. The summed E-state index contributed by atoms with van der Waals surface area (Å²) in [6.45, 7) is 2.17. The van der Waals surface area contributed by atoms with Gasteiger partial charge in [-0.25, -0.2) is 8.42 Å². The van der Waals surface area contributed by atoms with Crippen LogP contribution >= 0.6 is 0 Å². The summed E-state index contributed by atoms with van der Waals surface area (Å²) in [4.78, 5) is 2.23. The van der Waals surface area contributed by atoms with Crippen LogP contribution in [0.3, 0.4) is 0 Å². The third kappa shape index (κ3) is 2.70. The largest absolute Gasteiger partial charge is 0.492 e. The second-order valence-corrected chi connectivity index (χ2v) is 8.37. The monoisotopic (exact) mass is 338 g/mol. The molecule has 3 aliphatic rings. The first-order valence-corrected chi connectivity index (χ1v) is 9.72. The summed E-state index contributed by atoms with van der Waals surface area (Å²) >= 11 is 0. The number of nitrogens with zero attached hydrogens (tertiary/aromatic N) is 2. The van der Waals surface area contributed by atoms with Gasteiger partial charge in [-0.2, -0.15) is 4.31 Å². The van der Waals surface area contributed by atoms with E-state index in [1.165, 1.54) is 0 Å². The Bertz CT molecular complexity index is 702. The molecule has 2 heterocycles. The Morgan fingerprint density at radius 2 is 2.00 bits per heavy atom. The summed E-state index contributed by atoms with van der Waals surface area (Å²) in [6.07, 6.45) is 2.86. The number of fused-ring (bicyclic) bond motifs is 1. The zero-order chi connectivity index (χ0) is 16.0. The predicted octanol–water partition coefficient (Wildman–Crippen LogP) is 1.19. The molecule has 0 radical (unpaired) electrons. The van der Waals surface area contributed by atoms with Crippen LogP contribution < -0.4 is 9.64 Å². The fourth-order valence-corrected chi connectivity index (χ4v) is 5.52. The lowest BCUT2D eigenvalue weighted by atomic mass is 10.2. The first-order chi connectivity index (χ1) is 11.1. The molecule has 2 aliphatic heterocycles. The second-order valence-electron chi connectivity index (χ2n) is 6.54. The van der Waals surface area contributed by atoms with Crippen LogP contribution in [0.4, 0.5) is 5.69 Å². The Hall–Kier alpha value is -1.31. The quantitative estimate of drug-likeness (QED) is 0.877. The number of aliphatic hydroxyl groups excluding tert-OH is 1. The van der Waals surface area contributed by atoms with Crippen LogP contribution in [0, 0.1) is 0 Å². The van der Waals surface area contributed by atoms with Crippen molar-refractivity contribution >= 4 is 15.7 Å². The van der Waals surface area contributed by atoms with Crippen molar-refractivity contribution in [3.63, 3.8) is 0 Å². The van der Waals surface area contributed by atoms with Gasteiger partial charge in [-0.15, -0.1) is 0 Å². The summed E-state index contributed by atoms with van der Waals surface area (Å²) in [6, 6.07) is 5.53. The van der Waals surface area contributed by atoms with E-state index in [0.717, 1.165) is 12.8 Å². The molecule has 1 aliphatic carbocycles. The van der Waals surface area contributed by atoms with E-state index < -0.39 is 16.1 Å². The molecule has 0 unspecified atom stereocenters. The summed E-state index contributed by atoms with van der Waals surface area (Å²) < 4.78 is 34.0. The highest BCUT2D eigenvalue weighted by atomic mass is 32.2. The molecule has 1 saturated heterocycles. The van der Waals surface area contributed by atoms with E-state index in [-0.39, 0.29) is 10.9 Å². The SMILES string of the molecule is O=S1(=O)c2c(cccc2N2CC[C@@H](O)C2)OCCCN1C1CC1. The summed E-state index contributed by atoms with van der Waals surface area (Å²) in [7, 11) is -3.58. The minimum absolute atomic E-state index is 0.142. The Balaban J connectivity index is 1.83. The predicted molar refractivity (Wildman–Crippen MR) is 86.3 cm³/mol. The van der Waals surface area contributed by atoms with Crippen LogP contribution in [0.2, 0.25) is 0 Å². The number of benzene rings is 1. The maximum absolute atomic E-state index is 13.3. The van der Waals surface area contributed by atoms with Gasteiger partial charge < -0.3 is 14.7 Å². The van der Waals surface area contributed by atoms with Gasteiger partial charge in [0.25, 0.3) is 0 Å². The van der Waals surface area contributed by atoms with Gasteiger partial charge in [0, 0.05) is 25.7 Å². The zero-order valence-electron chi connectivity index (χ0n) is 13.0. The van der Waals surface area contributed by atoms with Gasteiger partial charge in [-0.3, -0.25) is 0 Å². The number of hydrogen-bond donors (Lipinski definition) is 1. The molecule has 0 aromatic heterocycles. The Labute approximate surface area is 136 Å². The van der Waals surface area contributed by atoms with Crippen molar-refractivity contribution in [2.45, 2.75) is 42.7 Å². The van der Waals surface area contributed by atoms with Crippen LogP contribution in [-0.2, 0) is 10.0 Å². The average Bonchev–Trinajstić information content (AvgIpc) is 3.25. The highest BCUT2D eigenvalue weighted by molar-refractivity contribution is 7.89. The molecule has 4 rings (SSSR count). The topological polar surface area (TPSA) is 70.1 Å². The first kappa shape index (κ1) is 15.2. The Morgan fingerprint density at radius 1 is 1.17 bits per heavy atom. The molecule has 23 heavy (non-hydrogen) atoms. The van der Waals surface area contributed by atoms with Crippen molar-refractivity contribution in [1.82, 2.24) is 4.31 Å². The second kappa shape index (κ2) is 5.65. The van der Waals surface area contributed by atoms with E-state index in [4.69, 9.17) is 4.74 Å². The molecule has 6 nitrogen and oxygen atoms in total. The fourth-order valence-electron chi connectivity index (χ4n) is 3.47. The molecule has 1 aromatic rings. The van der Waals surface area contributed by atoms with Crippen molar-refractivity contribution in [3.05, 3.63) is 18.2 Å². The van der Waals surface area contributed by atoms with Gasteiger partial charge in [0.05, 0.1) is 18.4 Å². The number of anilines is 1. The van der Waals surface area contributed by atoms with Crippen LogP contribution in [0.15, 0.2) is 23.1 Å². The number of rotatable bonds is 2. The van der Waals surface area contributed by atoms with Gasteiger partial charge in [-0.05, 0) is 37.8 Å². The average molecular weight is 338 g/mol. The third-order valence-electron chi connectivity index (χ3n) is 4.76. The highest BCUT2D eigenvalue weighted by Crippen LogP contribution is 2.41. The van der Waals surface area contributed by atoms with Gasteiger partial charge in [0.2, 0.25) is 10.0 Å². The van der Waals surface area contributed by atoms with Gasteiger partial charge in [-0.1, -0.05) is 6.07 Å². The smallest absolute Gasteiger partial charge is 0.249 e. The minimum Gasteiger partial charge on any atom is -0.492 e. The standard InChI is InChI=1S/C16H22N2O4S/c19-13-7-9-17(11-13)14-3-1-4-15-16(14)23(20,21)18(12-5-6-12)8-2-10-22-15/h1,3-4,12-13,19H,2,5-11H2/t13-/m1/s1. The minimum atomic E-state index is -3.58. The van der Waals surface area contributed by atoms with Crippen LogP contribution in [0.1, 0.15) is 25.7 Å². The van der Waals surface area contributed by atoms with Gasteiger partial charge in [0.1, 0.15) is 10.6 Å².